The molecule has 108 valence electrons. The molecule has 0 radical (unpaired) electrons. The molecule has 0 bridgehead atoms. The van der Waals surface area contributed by atoms with Crippen LogP contribution in [0.2, 0.25) is 0 Å². The van der Waals surface area contributed by atoms with Crippen LogP contribution in [0.3, 0.4) is 0 Å². The highest BCUT2D eigenvalue weighted by molar-refractivity contribution is 5.75. The van der Waals surface area contributed by atoms with Crippen LogP contribution in [0, 0.1) is 17.8 Å². The van der Waals surface area contributed by atoms with Gasteiger partial charge in [0.15, 0.2) is 11.4 Å². The number of aliphatic hydroxyl groups is 1. The first-order valence-corrected chi connectivity index (χ1v) is 6.19. The number of carbonyl (C=O) groups excluding carboxylic acids is 1. The smallest absolute Gasteiger partial charge is 0.311 e. The third-order valence-corrected chi connectivity index (χ3v) is 2.83. The van der Waals surface area contributed by atoms with Crippen LogP contribution in [0.1, 0.15) is 34.6 Å². The Labute approximate surface area is 114 Å². The molecule has 5 nitrogen and oxygen atoms in total. The van der Waals surface area contributed by atoms with Crippen molar-refractivity contribution in [3.8, 4) is 12.3 Å². The van der Waals surface area contributed by atoms with Gasteiger partial charge in [0, 0.05) is 0 Å². The van der Waals surface area contributed by atoms with Crippen LogP contribution in [0.25, 0.3) is 0 Å². The third kappa shape index (κ3) is 3.93. The number of hydrogen-bond donors (Lipinski definition) is 1. The summed E-state index contributed by atoms with van der Waals surface area (Å²) in [7, 11) is 0. The summed E-state index contributed by atoms with van der Waals surface area (Å²) in [4.78, 5) is 11.7. The van der Waals surface area contributed by atoms with E-state index in [2.05, 4.69) is 5.92 Å². The number of hydrogen-bond acceptors (Lipinski definition) is 5. The average molecular weight is 270 g/mol. The number of rotatable bonds is 3. The largest absolute Gasteiger partial charge is 0.461 e. The van der Waals surface area contributed by atoms with Gasteiger partial charge in [0.2, 0.25) is 0 Å². The summed E-state index contributed by atoms with van der Waals surface area (Å²) >= 11 is 0. The monoisotopic (exact) mass is 270 g/mol. The summed E-state index contributed by atoms with van der Waals surface area (Å²) < 4.78 is 15.9. The van der Waals surface area contributed by atoms with Gasteiger partial charge in [0.25, 0.3) is 0 Å². The number of esters is 1. The average Bonchev–Trinajstić information content (AvgIpc) is 2.65. The van der Waals surface area contributed by atoms with Crippen molar-refractivity contribution in [3.05, 3.63) is 0 Å². The lowest BCUT2D eigenvalue weighted by Gasteiger charge is -2.29. The molecule has 0 aliphatic carbocycles. The second-order valence-corrected chi connectivity index (χ2v) is 6.21. The van der Waals surface area contributed by atoms with Crippen molar-refractivity contribution < 1.29 is 24.1 Å². The van der Waals surface area contributed by atoms with E-state index in [0.717, 1.165) is 0 Å². The summed E-state index contributed by atoms with van der Waals surface area (Å²) in [5, 5.41) is 10.3. The Bertz CT molecular complexity index is 388. The molecule has 5 heteroatoms. The van der Waals surface area contributed by atoms with E-state index < -0.39 is 28.9 Å². The van der Waals surface area contributed by atoms with Gasteiger partial charge in [-0.15, -0.1) is 6.42 Å². The van der Waals surface area contributed by atoms with Crippen molar-refractivity contribution in [2.24, 2.45) is 5.41 Å². The molecule has 1 heterocycles. The molecule has 1 N–H and O–H groups in total. The van der Waals surface area contributed by atoms with Gasteiger partial charge >= 0.3 is 5.97 Å². The highest BCUT2D eigenvalue weighted by Gasteiger charge is 2.46. The molecule has 0 unspecified atom stereocenters. The van der Waals surface area contributed by atoms with E-state index in [0.29, 0.717) is 0 Å². The standard InChI is InChI=1S/C14H22O5/c1-7-14(16,9-17-11(15)12(2,3)4)10-8-18-13(5,6)19-10/h1,10,16H,8-9H2,2-6H3/t10-,14+/m0/s1. The molecule has 0 spiro atoms. The number of ether oxygens (including phenoxy) is 3. The van der Waals surface area contributed by atoms with E-state index in [4.69, 9.17) is 20.6 Å². The minimum Gasteiger partial charge on any atom is -0.461 e. The first-order valence-electron chi connectivity index (χ1n) is 6.19. The Balaban J connectivity index is 2.68. The van der Waals surface area contributed by atoms with E-state index in [1.165, 1.54) is 0 Å². The Morgan fingerprint density at radius 1 is 1.53 bits per heavy atom. The summed E-state index contributed by atoms with van der Waals surface area (Å²) in [6.45, 7) is 8.47. The first-order chi connectivity index (χ1) is 8.50. The SMILES string of the molecule is C#C[C@@](O)(COC(=O)C(C)(C)C)[C@@H]1COC(C)(C)O1. The topological polar surface area (TPSA) is 65.0 Å². The highest BCUT2D eigenvalue weighted by atomic mass is 16.7. The first kappa shape index (κ1) is 16.0. The van der Waals surface area contributed by atoms with Crippen molar-refractivity contribution in [3.63, 3.8) is 0 Å². The maximum Gasteiger partial charge on any atom is 0.311 e. The molecule has 1 aliphatic rings. The van der Waals surface area contributed by atoms with Crippen LogP contribution >= 0.6 is 0 Å². The van der Waals surface area contributed by atoms with E-state index >= 15 is 0 Å². The van der Waals surface area contributed by atoms with Crippen molar-refractivity contribution in [1.29, 1.82) is 0 Å². The molecule has 0 aromatic carbocycles. The zero-order valence-electron chi connectivity index (χ0n) is 12.1. The molecule has 2 atom stereocenters. The van der Waals surface area contributed by atoms with Crippen molar-refractivity contribution >= 4 is 5.97 Å². The molecule has 1 rings (SSSR count). The molecule has 1 aliphatic heterocycles. The van der Waals surface area contributed by atoms with Gasteiger partial charge in [-0.25, -0.2) is 0 Å². The number of terminal acetylenes is 1. The summed E-state index contributed by atoms with van der Waals surface area (Å²) in [5.74, 6) is 1.01. The second kappa shape index (κ2) is 5.12. The second-order valence-electron chi connectivity index (χ2n) is 6.21. The van der Waals surface area contributed by atoms with Crippen molar-refractivity contribution in [2.45, 2.75) is 52.1 Å². The molecule has 19 heavy (non-hydrogen) atoms. The summed E-state index contributed by atoms with van der Waals surface area (Å²) in [5.41, 5.74) is -2.34. The van der Waals surface area contributed by atoms with Crippen molar-refractivity contribution in [2.75, 3.05) is 13.2 Å². The van der Waals surface area contributed by atoms with Gasteiger partial charge in [0.1, 0.15) is 12.7 Å². The fraction of sp³-hybridized carbons (Fsp3) is 0.786. The van der Waals surface area contributed by atoms with Crippen LogP contribution in [-0.4, -0.2) is 41.8 Å². The van der Waals surface area contributed by atoms with E-state index in [1.54, 1.807) is 34.6 Å². The van der Waals surface area contributed by atoms with Crippen LogP contribution in [0.5, 0.6) is 0 Å². The summed E-state index contributed by atoms with van der Waals surface area (Å²) in [6, 6.07) is 0. The Morgan fingerprint density at radius 3 is 2.47 bits per heavy atom. The lowest BCUT2D eigenvalue weighted by atomic mass is 9.96. The predicted octanol–water partition coefficient (Wildman–Crippen LogP) is 1.09. The van der Waals surface area contributed by atoms with Gasteiger partial charge in [-0.3, -0.25) is 4.79 Å². The van der Waals surface area contributed by atoms with Crippen LogP contribution < -0.4 is 0 Å². The molecule has 1 fully saturated rings. The Hall–Kier alpha value is -1.09. The van der Waals surface area contributed by atoms with Crippen LogP contribution in [0.4, 0.5) is 0 Å². The van der Waals surface area contributed by atoms with E-state index in [1.807, 2.05) is 0 Å². The lowest BCUT2D eigenvalue weighted by Crippen LogP contribution is -2.48. The summed E-state index contributed by atoms with van der Waals surface area (Å²) in [6.07, 6.45) is 4.62. The zero-order chi connectivity index (χ0) is 14.9. The molecular formula is C14H22O5. The molecule has 1 saturated heterocycles. The molecule has 0 saturated carbocycles. The van der Waals surface area contributed by atoms with Gasteiger partial charge in [-0.1, -0.05) is 5.92 Å². The quantitative estimate of drug-likeness (QED) is 0.614. The van der Waals surface area contributed by atoms with Gasteiger partial charge in [0.05, 0.1) is 12.0 Å². The van der Waals surface area contributed by atoms with Crippen LogP contribution in [-0.2, 0) is 19.0 Å². The predicted molar refractivity (Wildman–Crippen MR) is 69.1 cm³/mol. The third-order valence-electron chi connectivity index (χ3n) is 2.83. The maximum absolute atomic E-state index is 11.7. The van der Waals surface area contributed by atoms with Gasteiger partial charge in [-0.05, 0) is 34.6 Å². The molecular weight excluding hydrogens is 248 g/mol. The minimum absolute atomic E-state index is 0.154. The fourth-order valence-electron chi connectivity index (χ4n) is 1.54. The minimum atomic E-state index is -1.69. The fourth-order valence-corrected chi connectivity index (χ4v) is 1.54. The molecule has 0 aromatic heterocycles. The van der Waals surface area contributed by atoms with Crippen LogP contribution in [0.15, 0.2) is 0 Å². The maximum atomic E-state index is 11.7. The Morgan fingerprint density at radius 2 is 2.11 bits per heavy atom. The van der Waals surface area contributed by atoms with Gasteiger partial charge < -0.3 is 19.3 Å². The van der Waals surface area contributed by atoms with Crippen molar-refractivity contribution in [1.82, 2.24) is 0 Å². The van der Waals surface area contributed by atoms with E-state index in [9.17, 15) is 9.90 Å². The zero-order valence-corrected chi connectivity index (χ0v) is 12.1. The number of carbonyl (C=O) groups is 1. The van der Waals surface area contributed by atoms with Gasteiger partial charge in [-0.2, -0.15) is 0 Å². The lowest BCUT2D eigenvalue weighted by molar-refractivity contribution is -0.177. The molecule has 0 amide bonds. The normalized spacial score (nSPS) is 25.4. The van der Waals surface area contributed by atoms with E-state index in [-0.39, 0.29) is 13.2 Å². The Kier molecular flexibility index (Phi) is 4.30. The molecule has 0 aromatic rings. The highest BCUT2D eigenvalue weighted by Crippen LogP contribution is 2.29.